The molecule has 26 heavy (non-hydrogen) atoms. The fraction of sp³-hybridized carbons (Fsp3) is 0.125. The highest BCUT2D eigenvalue weighted by molar-refractivity contribution is 7.84. The van der Waals surface area contributed by atoms with Gasteiger partial charge in [0.2, 0.25) is 0 Å². The first kappa shape index (κ1) is 19.2. The smallest absolute Gasteiger partial charge is 0.380 e. The van der Waals surface area contributed by atoms with E-state index in [1.807, 2.05) is 0 Å². The summed E-state index contributed by atoms with van der Waals surface area (Å²) in [4.78, 5) is 22.5. The average molecular weight is 379 g/mol. The first-order valence-corrected chi connectivity index (χ1v) is 8.89. The van der Waals surface area contributed by atoms with Gasteiger partial charge in [0.15, 0.2) is 0 Å². The number of carboxylic acid groups (broad SMARTS) is 1. The molecule has 2 aromatic rings. The van der Waals surface area contributed by atoms with Crippen LogP contribution in [-0.2, 0) is 21.5 Å². The normalized spacial score (nSPS) is 10.8. The Bertz CT molecular complexity index is 879. The lowest BCUT2D eigenvalue weighted by Gasteiger charge is -2.09. The molecule has 0 bridgehead atoms. The molecule has 138 valence electrons. The van der Waals surface area contributed by atoms with Gasteiger partial charge in [0.25, 0.3) is 0 Å². The minimum absolute atomic E-state index is 0.0235. The van der Waals surface area contributed by atoms with Crippen LogP contribution in [0, 0.1) is 0 Å². The number of hydrogen-bond donors (Lipinski definition) is 4. The van der Waals surface area contributed by atoms with Gasteiger partial charge in [0.1, 0.15) is 5.75 Å². The van der Waals surface area contributed by atoms with Gasteiger partial charge < -0.3 is 19.9 Å². The molecule has 2 aromatic carbocycles. The molecule has 10 heteroatoms. The van der Waals surface area contributed by atoms with E-state index in [1.54, 1.807) is 24.3 Å². The second-order valence-electron chi connectivity index (χ2n) is 5.27. The minimum Gasteiger partial charge on any atom is -0.481 e. The van der Waals surface area contributed by atoms with Crippen LogP contribution in [-0.4, -0.2) is 25.5 Å². The highest BCUT2D eigenvalue weighted by Gasteiger charge is 2.07. The number of rotatable bonds is 7. The van der Waals surface area contributed by atoms with Gasteiger partial charge in [-0.3, -0.25) is 4.79 Å². The summed E-state index contributed by atoms with van der Waals surface area (Å²) in [7, 11) is -4.10. The van der Waals surface area contributed by atoms with Crippen LogP contribution in [0.1, 0.15) is 12.0 Å². The molecule has 0 spiro atoms. The largest absolute Gasteiger partial charge is 0.481 e. The van der Waals surface area contributed by atoms with Gasteiger partial charge in [0, 0.05) is 17.8 Å². The van der Waals surface area contributed by atoms with Crippen molar-refractivity contribution in [3.05, 3.63) is 54.1 Å². The summed E-state index contributed by atoms with van der Waals surface area (Å²) < 4.78 is 26.1. The Hall–Kier alpha value is -3.11. The molecular formula is C16H17N3O6S. The Balaban J connectivity index is 1.89. The van der Waals surface area contributed by atoms with Crippen LogP contribution >= 0.6 is 0 Å². The number of nitrogens with two attached hydrogens (primary N) is 1. The summed E-state index contributed by atoms with van der Waals surface area (Å²) in [5.74, 6) is -0.845. The van der Waals surface area contributed by atoms with Crippen LogP contribution < -0.4 is 20.0 Å². The summed E-state index contributed by atoms with van der Waals surface area (Å²) in [5, 5.41) is 18.6. The van der Waals surface area contributed by atoms with E-state index in [9.17, 15) is 18.0 Å². The molecule has 9 nitrogen and oxygen atoms in total. The van der Waals surface area contributed by atoms with E-state index in [-0.39, 0.29) is 12.2 Å². The quantitative estimate of drug-likeness (QED) is 0.578. The van der Waals surface area contributed by atoms with Crippen LogP contribution in [0.15, 0.2) is 48.5 Å². The zero-order valence-corrected chi connectivity index (χ0v) is 14.3. The van der Waals surface area contributed by atoms with Gasteiger partial charge in [-0.1, -0.05) is 12.1 Å². The minimum atomic E-state index is -4.10. The monoisotopic (exact) mass is 379 g/mol. The van der Waals surface area contributed by atoms with Crippen LogP contribution in [0.5, 0.6) is 5.75 Å². The second-order valence-corrected chi connectivity index (χ2v) is 6.42. The lowest BCUT2D eigenvalue weighted by atomic mass is 10.1. The predicted molar refractivity (Wildman–Crippen MR) is 95.2 cm³/mol. The van der Waals surface area contributed by atoms with Crippen molar-refractivity contribution >= 4 is 33.7 Å². The fourth-order valence-corrected chi connectivity index (χ4v) is 2.41. The predicted octanol–water partition coefficient (Wildman–Crippen LogP) is 1.93. The van der Waals surface area contributed by atoms with Gasteiger partial charge in [-0.15, -0.1) is 0 Å². The van der Waals surface area contributed by atoms with Crippen LogP contribution in [0.3, 0.4) is 0 Å². The number of aryl methyl sites for hydroxylation is 1. The zero-order chi connectivity index (χ0) is 19.2. The molecule has 2 rings (SSSR count). The van der Waals surface area contributed by atoms with E-state index >= 15 is 0 Å². The van der Waals surface area contributed by atoms with Crippen LogP contribution in [0.25, 0.3) is 0 Å². The van der Waals surface area contributed by atoms with Crippen molar-refractivity contribution in [2.75, 3.05) is 10.6 Å². The number of aliphatic carboxylic acids is 1. The summed E-state index contributed by atoms with van der Waals surface area (Å²) in [6.45, 7) is 0. The topological polar surface area (TPSA) is 148 Å². The Kier molecular flexibility index (Phi) is 6.15. The number of nitrogens with one attached hydrogen (secondary N) is 2. The van der Waals surface area contributed by atoms with Gasteiger partial charge in [0.05, 0.1) is 0 Å². The lowest BCUT2D eigenvalue weighted by Crippen LogP contribution is -2.20. The third kappa shape index (κ3) is 6.79. The molecule has 0 heterocycles. The highest BCUT2D eigenvalue weighted by Crippen LogP contribution is 2.17. The average Bonchev–Trinajstić information content (AvgIpc) is 2.54. The van der Waals surface area contributed by atoms with Gasteiger partial charge >= 0.3 is 22.3 Å². The van der Waals surface area contributed by atoms with Crippen LogP contribution in [0.2, 0.25) is 0 Å². The van der Waals surface area contributed by atoms with E-state index in [1.165, 1.54) is 24.3 Å². The third-order valence-corrected chi connectivity index (χ3v) is 3.59. The Labute approximate surface area is 150 Å². The Morgan fingerprint density at radius 3 is 1.92 bits per heavy atom. The van der Waals surface area contributed by atoms with Crippen LogP contribution in [0.4, 0.5) is 16.2 Å². The van der Waals surface area contributed by atoms with Gasteiger partial charge in [-0.2, -0.15) is 13.6 Å². The number of benzene rings is 2. The number of carbonyl (C=O) groups is 2. The van der Waals surface area contributed by atoms with Crippen molar-refractivity contribution in [1.29, 1.82) is 0 Å². The highest BCUT2D eigenvalue weighted by atomic mass is 32.2. The first-order chi connectivity index (χ1) is 12.2. The first-order valence-electron chi connectivity index (χ1n) is 7.42. The molecule has 0 unspecified atom stereocenters. The van der Waals surface area contributed by atoms with E-state index in [4.69, 9.17) is 10.2 Å². The molecule has 0 aliphatic rings. The number of amides is 2. The molecule has 0 aromatic heterocycles. The molecule has 0 fully saturated rings. The van der Waals surface area contributed by atoms with E-state index < -0.39 is 22.3 Å². The molecule has 0 saturated carbocycles. The Morgan fingerprint density at radius 2 is 1.46 bits per heavy atom. The maximum atomic E-state index is 11.9. The molecule has 5 N–H and O–H groups in total. The van der Waals surface area contributed by atoms with E-state index in [0.29, 0.717) is 17.8 Å². The number of hydrogen-bond acceptors (Lipinski definition) is 5. The maximum absolute atomic E-state index is 11.9. The number of anilines is 2. The summed E-state index contributed by atoms with van der Waals surface area (Å²) in [6, 6.07) is 11.9. The van der Waals surface area contributed by atoms with Crippen molar-refractivity contribution < 1.29 is 27.3 Å². The standard InChI is InChI=1S/C16H17N3O6S/c17-26(23,24)25-14-8-6-13(7-9-14)19-16(22)18-12-4-1-11(2-5-12)3-10-15(20)21/h1-2,4-9H,3,10H2,(H,20,21)(H2,17,23,24)(H2,18,19,22). The van der Waals surface area contributed by atoms with Crippen molar-refractivity contribution in [3.8, 4) is 5.75 Å². The zero-order valence-electron chi connectivity index (χ0n) is 13.5. The lowest BCUT2D eigenvalue weighted by molar-refractivity contribution is -0.136. The molecule has 0 radical (unpaired) electrons. The molecule has 0 aliphatic carbocycles. The van der Waals surface area contributed by atoms with Gasteiger partial charge in [-0.25, -0.2) is 4.79 Å². The number of carbonyl (C=O) groups excluding carboxylic acids is 1. The summed E-state index contributed by atoms with van der Waals surface area (Å²) >= 11 is 0. The SMILES string of the molecule is NS(=O)(=O)Oc1ccc(NC(=O)Nc2ccc(CCC(=O)O)cc2)cc1. The third-order valence-electron chi connectivity index (χ3n) is 3.16. The Morgan fingerprint density at radius 1 is 0.962 bits per heavy atom. The number of urea groups is 1. The fourth-order valence-electron chi connectivity index (χ4n) is 2.03. The van der Waals surface area contributed by atoms with Gasteiger partial charge in [-0.05, 0) is 48.4 Å². The van der Waals surface area contributed by atoms with Crippen molar-refractivity contribution in [2.24, 2.45) is 5.14 Å². The molecule has 0 atom stereocenters. The summed E-state index contributed by atoms with van der Waals surface area (Å²) in [6.07, 6.45) is 0.452. The molecule has 0 saturated heterocycles. The number of carboxylic acids is 1. The van der Waals surface area contributed by atoms with E-state index in [0.717, 1.165) is 5.56 Å². The van der Waals surface area contributed by atoms with Crippen molar-refractivity contribution in [2.45, 2.75) is 12.8 Å². The molecular weight excluding hydrogens is 362 g/mol. The molecule has 2 amide bonds. The molecule has 0 aliphatic heterocycles. The second kappa shape index (κ2) is 8.32. The van der Waals surface area contributed by atoms with Crippen molar-refractivity contribution in [3.63, 3.8) is 0 Å². The van der Waals surface area contributed by atoms with E-state index in [2.05, 4.69) is 14.8 Å². The maximum Gasteiger partial charge on any atom is 0.380 e. The van der Waals surface area contributed by atoms with Crippen molar-refractivity contribution in [1.82, 2.24) is 0 Å². The summed E-state index contributed by atoms with van der Waals surface area (Å²) in [5.41, 5.74) is 1.81.